The topological polar surface area (TPSA) is 38.9 Å². The minimum Gasteiger partial charge on any atom is -0.327 e. The van der Waals surface area contributed by atoms with E-state index in [0.717, 1.165) is 67.1 Å². The van der Waals surface area contributed by atoms with Gasteiger partial charge in [-0.2, -0.15) is 0 Å². The third kappa shape index (κ3) is 5.60. The minimum absolute atomic E-state index is 0.563. The molecular formula is C56H40FN5Si. The van der Waals surface area contributed by atoms with Gasteiger partial charge in [0.25, 0.3) is 0 Å². The Morgan fingerprint density at radius 1 is 0.540 bits per heavy atom. The third-order valence-corrected chi connectivity index (χ3v) is 17.8. The molecule has 3 aromatic heterocycles. The van der Waals surface area contributed by atoms with E-state index in [4.69, 9.17) is 9.97 Å². The Labute approximate surface area is 365 Å². The van der Waals surface area contributed by atoms with Crippen LogP contribution in [0.15, 0.2) is 219 Å². The second-order valence-electron chi connectivity index (χ2n) is 16.3. The summed E-state index contributed by atoms with van der Waals surface area (Å²) in [5.74, 6) is 0.801. The Kier molecular flexibility index (Phi) is 8.59. The van der Waals surface area contributed by atoms with E-state index in [-0.39, 0.29) is 0 Å². The van der Waals surface area contributed by atoms with Crippen molar-refractivity contribution in [2.45, 2.75) is 6.17 Å². The van der Waals surface area contributed by atoms with Gasteiger partial charge < -0.3 is 9.47 Å². The maximum atomic E-state index is 17.3. The zero-order valence-corrected chi connectivity index (χ0v) is 35.5. The molecule has 12 rings (SSSR count). The van der Waals surface area contributed by atoms with Gasteiger partial charge in [-0.3, -0.25) is 4.57 Å². The van der Waals surface area contributed by atoms with Crippen molar-refractivity contribution >= 4 is 78.9 Å². The van der Waals surface area contributed by atoms with Crippen LogP contribution in [0.4, 0.5) is 21.5 Å². The molecule has 63 heavy (non-hydrogen) atoms. The Hall–Kier alpha value is -7.87. The van der Waals surface area contributed by atoms with E-state index in [9.17, 15) is 0 Å². The maximum Gasteiger partial charge on any atom is 0.184 e. The van der Waals surface area contributed by atoms with Crippen LogP contribution >= 0.6 is 0 Å². The molecule has 300 valence electrons. The molecule has 0 N–H and O–H groups in total. The number of pyridine rings is 1. The number of fused-ring (bicyclic) bond motifs is 7. The molecular weight excluding hydrogens is 790 g/mol. The Bertz CT molecular complexity index is 3470. The van der Waals surface area contributed by atoms with Gasteiger partial charge >= 0.3 is 0 Å². The number of aryl methyl sites for hydroxylation is 1. The summed E-state index contributed by atoms with van der Waals surface area (Å²) in [6, 6.07) is 74.4. The SMILES string of the molecule is Cn1c(-c2cccc(C(F)c3cccc(-n4c5ncccc5c5ccc6c(c54)N(c4ccccc4)c4ccccc4[Si]6(c4ccccc4)c4ccccc4)c3)c2)nc2ccccc21. The fourth-order valence-electron chi connectivity index (χ4n) is 10.2. The van der Waals surface area contributed by atoms with Gasteiger partial charge in [-0.05, 0) is 92.5 Å². The molecule has 5 nitrogen and oxygen atoms in total. The number of rotatable bonds is 7. The second kappa shape index (κ2) is 14.6. The predicted octanol–water partition coefficient (Wildman–Crippen LogP) is 11.0. The van der Waals surface area contributed by atoms with Crippen LogP contribution in [0.3, 0.4) is 0 Å². The first-order chi connectivity index (χ1) is 31.1. The number of hydrogen-bond donors (Lipinski definition) is 0. The summed E-state index contributed by atoms with van der Waals surface area (Å²) in [6.07, 6.45) is 0.467. The molecule has 1 unspecified atom stereocenters. The number of benzene rings is 8. The number of anilines is 3. The van der Waals surface area contributed by atoms with E-state index in [2.05, 4.69) is 160 Å². The lowest BCUT2D eigenvalue weighted by atomic mass is 10.00. The number of para-hydroxylation sites is 4. The van der Waals surface area contributed by atoms with Crippen molar-refractivity contribution in [1.29, 1.82) is 0 Å². The van der Waals surface area contributed by atoms with E-state index in [1.54, 1.807) is 0 Å². The van der Waals surface area contributed by atoms with Gasteiger partial charge in [-0.15, -0.1) is 0 Å². The summed E-state index contributed by atoms with van der Waals surface area (Å²) >= 11 is 0. The zero-order valence-electron chi connectivity index (χ0n) is 34.5. The number of halogens is 1. The monoisotopic (exact) mass is 829 g/mol. The molecule has 0 fully saturated rings. The van der Waals surface area contributed by atoms with E-state index in [1.165, 1.54) is 20.7 Å². The van der Waals surface area contributed by atoms with Gasteiger partial charge in [0.1, 0.15) is 11.5 Å². The molecule has 8 aromatic carbocycles. The lowest BCUT2D eigenvalue weighted by Crippen LogP contribution is -2.77. The van der Waals surface area contributed by atoms with Crippen molar-refractivity contribution < 1.29 is 4.39 Å². The summed E-state index contributed by atoms with van der Waals surface area (Å²) < 4.78 is 21.6. The van der Waals surface area contributed by atoms with Gasteiger partial charge in [0, 0.05) is 46.6 Å². The highest BCUT2D eigenvalue weighted by atomic mass is 28.3. The predicted molar refractivity (Wildman–Crippen MR) is 260 cm³/mol. The maximum absolute atomic E-state index is 17.3. The van der Waals surface area contributed by atoms with Gasteiger partial charge in [0.2, 0.25) is 0 Å². The average Bonchev–Trinajstić information content (AvgIpc) is 3.88. The molecule has 1 aliphatic rings. The van der Waals surface area contributed by atoms with Crippen LogP contribution in [0.2, 0.25) is 0 Å². The molecule has 1 atom stereocenters. The second-order valence-corrected chi connectivity index (χ2v) is 20.0. The molecule has 0 amide bonds. The molecule has 7 heteroatoms. The van der Waals surface area contributed by atoms with Crippen LogP contribution in [0.25, 0.3) is 50.0 Å². The molecule has 11 aromatic rings. The molecule has 0 saturated heterocycles. The van der Waals surface area contributed by atoms with Crippen LogP contribution in [-0.4, -0.2) is 27.2 Å². The van der Waals surface area contributed by atoms with E-state index < -0.39 is 14.2 Å². The van der Waals surface area contributed by atoms with Crippen molar-refractivity contribution in [3.05, 3.63) is 230 Å². The Morgan fingerprint density at radius 3 is 1.95 bits per heavy atom. The van der Waals surface area contributed by atoms with Gasteiger partial charge in [-0.25, -0.2) is 14.4 Å². The van der Waals surface area contributed by atoms with Crippen molar-refractivity contribution in [3.63, 3.8) is 0 Å². The smallest absolute Gasteiger partial charge is 0.184 e. The quantitative estimate of drug-likeness (QED) is 0.150. The van der Waals surface area contributed by atoms with Crippen LogP contribution in [0.5, 0.6) is 0 Å². The highest BCUT2D eigenvalue weighted by Gasteiger charge is 2.50. The first-order valence-corrected chi connectivity index (χ1v) is 23.4. The van der Waals surface area contributed by atoms with E-state index in [1.807, 2.05) is 80.0 Å². The fraction of sp³-hybridized carbons (Fsp3) is 0.0357. The fourth-order valence-corrected chi connectivity index (χ4v) is 15.3. The van der Waals surface area contributed by atoms with Crippen LogP contribution in [-0.2, 0) is 7.05 Å². The largest absolute Gasteiger partial charge is 0.327 e. The van der Waals surface area contributed by atoms with Crippen LogP contribution in [0, 0.1) is 0 Å². The summed E-state index contributed by atoms with van der Waals surface area (Å²) in [5.41, 5.74) is 9.94. The molecule has 0 bridgehead atoms. The Balaban J connectivity index is 1.12. The lowest BCUT2D eigenvalue weighted by Gasteiger charge is -2.45. The third-order valence-electron chi connectivity index (χ3n) is 12.9. The number of hydrogen-bond acceptors (Lipinski definition) is 3. The molecule has 0 spiro atoms. The first kappa shape index (κ1) is 36.9. The normalized spacial score (nSPS) is 13.6. The average molecular weight is 830 g/mol. The number of nitrogens with zero attached hydrogens (tertiary/aromatic N) is 5. The molecule has 0 aliphatic carbocycles. The number of imidazole rings is 1. The molecule has 4 heterocycles. The van der Waals surface area contributed by atoms with E-state index in [0.29, 0.717) is 11.1 Å². The van der Waals surface area contributed by atoms with Crippen LogP contribution < -0.4 is 25.6 Å². The molecule has 0 radical (unpaired) electrons. The van der Waals surface area contributed by atoms with Gasteiger partial charge in [-0.1, -0.05) is 152 Å². The van der Waals surface area contributed by atoms with Crippen LogP contribution in [0.1, 0.15) is 17.3 Å². The molecule has 1 aliphatic heterocycles. The van der Waals surface area contributed by atoms with E-state index >= 15 is 4.39 Å². The lowest BCUT2D eigenvalue weighted by molar-refractivity contribution is 0.402. The van der Waals surface area contributed by atoms with Crippen molar-refractivity contribution in [3.8, 4) is 17.1 Å². The number of alkyl halides is 1. The Morgan fingerprint density at radius 2 is 1.19 bits per heavy atom. The standard InChI is InChI=1S/C56H40FN5Si/c1-60-48-30-12-11-29-47(48)59-55(60)40-20-15-18-38(36-40)52(57)39-19-16-23-42(37-39)62-53-45(46-28-17-35-58-56(46)62)33-34-51-54(53)61(41-21-5-2-6-22-41)49-31-13-14-32-50(49)63(51,43-24-7-3-8-25-43)44-26-9-4-10-27-44/h2-37,52H,1H3. The van der Waals surface area contributed by atoms with Gasteiger partial charge in [0.15, 0.2) is 14.2 Å². The highest BCUT2D eigenvalue weighted by molar-refractivity contribution is 7.21. The summed E-state index contributed by atoms with van der Waals surface area (Å²) in [6.45, 7) is 0. The first-order valence-electron chi connectivity index (χ1n) is 21.4. The highest BCUT2D eigenvalue weighted by Crippen LogP contribution is 2.45. The minimum atomic E-state index is -3.00. The van der Waals surface area contributed by atoms with Gasteiger partial charge in [0.05, 0.1) is 22.2 Å². The summed E-state index contributed by atoms with van der Waals surface area (Å²) in [4.78, 5) is 12.5. The zero-order chi connectivity index (χ0) is 42.1. The van der Waals surface area contributed by atoms with Crippen molar-refractivity contribution in [2.24, 2.45) is 7.05 Å². The summed E-state index contributed by atoms with van der Waals surface area (Å²) in [7, 11) is -0.995. The summed E-state index contributed by atoms with van der Waals surface area (Å²) in [5, 5.41) is 7.32. The van der Waals surface area contributed by atoms with Crippen molar-refractivity contribution in [2.75, 3.05) is 4.90 Å². The molecule has 0 saturated carbocycles. The van der Waals surface area contributed by atoms with Crippen molar-refractivity contribution in [1.82, 2.24) is 19.1 Å². The number of aromatic nitrogens is 4.